The van der Waals surface area contributed by atoms with E-state index in [0.29, 0.717) is 49.9 Å². The number of halogens is 6. The highest BCUT2D eigenvalue weighted by Crippen LogP contribution is 2.60. The van der Waals surface area contributed by atoms with E-state index in [2.05, 4.69) is 310 Å². The van der Waals surface area contributed by atoms with E-state index in [1.165, 1.54) is 44.5 Å². The van der Waals surface area contributed by atoms with Gasteiger partial charge in [-0.05, 0) is 214 Å². The maximum Gasteiger partial charge on any atom is 0.258 e. The zero-order valence-electron chi connectivity index (χ0n) is 57.5. The molecular formula is C79H100Br4ClFO4Si3. The molecule has 0 heterocycles. The number of hydrogen-bond acceptors (Lipinski definition) is 4. The monoisotopic (exact) mass is 1570 g/mol. The summed E-state index contributed by atoms with van der Waals surface area (Å²) in [5.74, 6) is 2.42. The fraction of sp³-hybridized carbons (Fsp3) is 0.392. The van der Waals surface area contributed by atoms with Gasteiger partial charge in [-0.15, -0.1) is 0 Å². The predicted octanol–water partition coefficient (Wildman–Crippen LogP) is 27.3. The smallest absolute Gasteiger partial charge is 0.258 e. The van der Waals surface area contributed by atoms with Crippen LogP contribution in [0.4, 0.5) is 4.39 Å². The second-order valence-corrected chi connectivity index (χ2v) is 49.0. The second-order valence-electron chi connectivity index (χ2n) is 27.5. The van der Waals surface area contributed by atoms with Crippen molar-refractivity contribution in [3.05, 3.63) is 232 Å². The van der Waals surface area contributed by atoms with E-state index in [9.17, 15) is 14.6 Å². The van der Waals surface area contributed by atoms with Gasteiger partial charge in [-0.2, -0.15) is 11.1 Å². The van der Waals surface area contributed by atoms with Crippen LogP contribution in [-0.2, 0) is 10.8 Å². The molecule has 92 heavy (non-hydrogen) atoms. The third kappa shape index (κ3) is 14.3. The van der Waals surface area contributed by atoms with Gasteiger partial charge in [0.05, 0.1) is 19.4 Å². The van der Waals surface area contributed by atoms with Gasteiger partial charge in [-0.25, -0.2) is 0 Å². The Kier molecular flexibility index (Phi) is 25.6. The van der Waals surface area contributed by atoms with Crippen molar-refractivity contribution in [2.45, 2.75) is 193 Å². The average molecular weight is 1570 g/mol. The first-order valence-corrected chi connectivity index (χ1v) is 42.9. The van der Waals surface area contributed by atoms with Gasteiger partial charge in [0.1, 0.15) is 23.0 Å². The van der Waals surface area contributed by atoms with Crippen LogP contribution in [0.25, 0.3) is 22.3 Å². The van der Waals surface area contributed by atoms with Crippen LogP contribution in [0.3, 0.4) is 0 Å². The number of hydrogen-bond donors (Lipinski definition) is 2. The van der Waals surface area contributed by atoms with E-state index in [1.54, 1.807) is 24.3 Å². The van der Waals surface area contributed by atoms with Crippen LogP contribution in [0, 0.1) is 0 Å². The Labute approximate surface area is 595 Å². The van der Waals surface area contributed by atoms with Gasteiger partial charge in [-0.1, -0.05) is 269 Å². The average Bonchev–Trinajstić information content (AvgIpc) is 1.56. The first-order chi connectivity index (χ1) is 43.3. The molecular weight excluding hydrogens is 1470 g/mol. The number of alkyl halides is 1. The minimum Gasteiger partial charge on any atom is -0.543 e. The summed E-state index contributed by atoms with van der Waals surface area (Å²) in [7, 11) is -6.72. The number of benzene rings is 8. The third-order valence-electron chi connectivity index (χ3n) is 20.0. The molecule has 0 spiro atoms. The van der Waals surface area contributed by atoms with Crippen LogP contribution in [0.2, 0.25) is 49.9 Å². The van der Waals surface area contributed by atoms with Crippen molar-refractivity contribution in [2.75, 3.05) is 7.15 Å². The summed E-state index contributed by atoms with van der Waals surface area (Å²) in [4.78, 5) is 0. The lowest BCUT2D eigenvalue weighted by atomic mass is 9.68. The van der Waals surface area contributed by atoms with E-state index >= 15 is 0 Å². The number of aromatic hydroxyl groups is 2. The van der Waals surface area contributed by atoms with Crippen molar-refractivity contribution >= 4 is 98.8 Å². The van der Waals surface area contributed by atoms with E-state index in [4.69, 9.17) is 21.3 Å². The van der Waals surface area contributed by atoms with E-state index < -0.39 is 42.0 Å². The standard InChI is InChI=1S/C43H56Br2O2Si2.C25H16Br2O2.C9H21ClSi.CH3F.CH4/c1-27(2)48(28(3)4,29(5)6)46-37-19-13-33(14-20-37)43(41-25-35(44)17-23-39(41)40-24-18-36(45)26-42(40)43)34-15-21-38(22-16-34)47-49(30(7)8,31(9)10)32(11)12;26-17-5-11-21-22-12-6-18(27)14-24(22)25(23(21)13-17,15-1-7-19(28)8-2-15)16-3-9-20(29)10-4-16;1-7(2)11(10,8(3)4)9(5)6;1-2;/h13-32H,1-12H3;1-14,28-29H;7-9H,1-6H3;1H3;1H4/i;;;1D;. The molecule has 10 rings (SSSR count). The molecule has 0 radical (unpaired) electrons. The summed E-state index contributed by atoms with van der Waals surface area (Å²) in [6.07, 6.45) is 0. The predicted molar refractivity (Wildman–Crippen MR) is 416 cm³/mol. The minimum atomic E-state index is -2.10. The van der Waals surface area contributed by atoms with Gasteiger partial charge in [-0.3, -0.25) is 4.39 Å². The highest BCUT2D eigenvalue weighted by Gasteiger charge is 2.51. The first kappa shape index (κ1) is 75.1. The zero-order chi connectivity index (χ0) is 68.2. The van der Waals surface area contributed by atoms with Gasteiger partial charge in [0, 0.05) is 17.9 Å². The molecule has 0 saturated carbocycles. The van der Waals surface area contributed by atoms with Crippen molar-refractivity contribution in [3.63, 3.8) is 0 Å². The highest BCUT2D eigenvalue weighted by molar-refractivity contribution is 9.11. The molecule has 494 valence electrons. The van der Waals surface area contributed by atoms with Crippen molar-refractivity contribution in [1.29, 1.82) is 0 Å². The Hall–Kier alpha value is -4.25. The lowest BCUT2D eigenvalue weighted by molar-refractivity contribution is 0.474. The molecule has 0 bridgehead atoms. The summed E-state index contributed by atoms with van der Waals surface area (Å²) < 4.78 is 34.0. The molecule has 0 atom stereocenters. The number of fused-ring (bicyclic) bond motifs is 6. The van der Waals surface area contributed by atoms with Crippen LogP contribution in [0.5, 0.6) is 23.0 Å². The minimum absolute atomic E-state index is 0. The van der Waals surface area contributed by atoms with E-state index in [0.717, 1.165) is 51.6 Å². The largest absolute Gasteiger partial charge is 0.543 e. The van der Waals surface area contributed by atoms with Crippen molar-refractivity contribution in [3.8, 4) is 45.3 Å². The Balaban J connectivity index is 0.000000261. The van der Waals surface area contributed by atoms with Gasteiger partial charge in [0.2, 0.25) is 0 Å². The van der Waals surface area contributed by atoms with Crippen LogP contribution >= 0.6 is 74.8 Å². The molecule has 0 aliphatic heterocycles. The molecule has 8 aromatic rings. The lowest BCUT2D eigenvalue weighted by Crippen LogP contribution is -2.50. The van der Waals surface area contributed by atoms with Crippen LogP contribution < -0.4 is 8.85 Å². The second kappa shape index (κ2) is 31.3. The van der Waals surface area contributed by atoms with Gasteiger partial charge in [0.15, 0.2) is 7.38 Å². The molecule has 2 N–H and O–H groups in total. The Morgan fingerprint density at radius 3 is 0.728 bits per heavy atom. The van der Waals surface area contributed by atoms with E-state index in [-0.39, 0.29) is 18.9 Å². The quantitative estimate of drug-likeness (QED) is 0.0705. The van der Waals surface area contributed by atoms with Gasteiger partial charge < -0.3 is 19.1 Å². The summed E-state index contributed by atoms with van der Waals surface area (Å²) >= 11 is 21.7. The van der Waals surface area contributed by atoms with Crippen molar-refractivity contribution < 1.29 is 24.8 Å². The zero-order valence-corrected chi connectivity index (χ0v) is 66.6. The van der Waals surface area contributed by atoms with Crippen LogP contribution in [0.1, 0.15) is 178 Å². The summed E-state index contributed by atoms with van der Waals surface area (Å²) in [6, 6.07) is 59.2. The number of phenolic OH excluding ortho intramolecular Hbond substituents is 2. The molecule has 0 amide bonds. The summed E-state index contributed by atoms with van der Waals surface area (Å²) in [6.45, 7) is 41.8. The molecule has 2 aliphatic rings. The lowest BCUT2D eigenvalue weighted by Gasteiger charge is -2.42. The van der Waals surface area contributed by atoms with Gasteiger partial charge in [0.25, 0.3) is 16.6 Å². The summed E-state index contributed by atoms with van der Waals surface area (Å²) in [5, 5.41) is 19.8. The number of phenols is 2. The normalized spacial score (nSPS) is 13.8. The van der Waals surface area contributed by atoms with Crippen LogP contribution in [0.15, 0.2) is 188 Å². The molecule has 13 heteroatoms. The highest BCUT2D eigenvalue weighted by atomic mass is 79.9. The van der Waals surface area contributed by atoms with Crippen molar-refractivity contribution in [1.82, 2.24) is 0 Å². The SMILES string of the molecule is C.CC(C)[Si](Cl)(C(C)C)C(C)C.CC(C)[Si](Oc1ccc(C2(c3ccc(O[Si](C(C)C)(C(C)C)C(C)C)cc3)c3cc(Br)ccc3-c3ccc(Br)cc32)cc1)(C(C)C)C(C)C.Oc1ccc(C2(c3ccc(O)cc3)c3cc(Br)ccc3-c3ccc(Br)cc32)cc1.[2H]CF. The molecule has 8 aromatic carbocycles. The third-order valence-corrected chi connectivity index (χ3v) is 43.2. The molecule has 2 aliphatic carbocycles. The number of rotatable bonds is 17. The molecule has 4 nitrogen and oxygen atoms in total. The van der Waals surface area contributed by atoms with Crippen LogP contribution in [-0.4, -0.2) is 41.4 Å². The maximum atomic E-state index is 9.96. The first-order valence-electron chi connectivity index (χ1n) is 32.9. The molecule has 0 unspecified atom stereocenters. The molecule has 0 saturated heterocycles. The fourth-order valence-corrected chi connectivity index (χ4v) is 32.1. The van der Waals surface area contributed by atoms with Crippen molar-refractivity contribution in [2.24, 2.45) is 0 Å². The summed E-state index contributed by atoms with van der Waals surface area (Å²) in [5.41, 5.74) is 18.3. The van der Waals surface area contributed by atoms with E-state index in [1.807, 2.05) is 24.3 Å². The Bertz CT molecular complexity index is 3470. The molecule has 0 fully saturated rings. The Morgan fingerprint density at radius 2 is 0.554 bits per heavy atom. The Morgan fingerprint density at radius 1 is 0.359 bits per heavy atom. The topological polar surface area (TPSA) is 58.9 Å². The molecule has 0 aromatic heterocycles. The van der Waals surface area contributed by atoms with Gasteiger partial charge >= 0.3 is 0 Å². The fourth-order valence-electron chi connectivity index (χ4n) is 16.2. The maximum absolute atomic E-state index is 9.96.